The van der Waals surface area contributed by atoms with Crippen molar-refractivity contribution in [3.05, 3.63) is 29.6 Å². The van der Waals surface area contributed by atoms with Crippen molar-refractivity contribution in [1.29, 1.82) is 0 Å². The summed E-state index contributed by atoms with van der Waals surface area (Å²) in [6, 6.07) is 4.08. The number of ether oxygens (including phenoxy) is 1. The molecule has 0 spiro atoms. The summed E-state index contributed by atoms with van der Waals surface area (Å²) in [6.07, 6.45) is -0.0259. The van der Waals surface area contributed by atoms with Gasteiger partial charge in [-0.1, -0.05) is 0 Å². The lowest BCUT2D eigenvalue weighted by Crippen LogP contribution is -2.50. The maximum Gasteiger partial charge on any atom is 0.257 e. The SMILES string of the molecule is CC1CN(C(=O)c2ccc(N)cc2F)C(C)CO1. The predicted molar refractivity (Wildman–Crippen MR) is 66.7 cm³/mol. The van der Waals surface area contributed by atoms with Crippen molar-refractivity contribution in [2.45, 2.75) is 26.0 Å². The molecule has 2 atom stereocenters. The van der Waals surface area contributed by atoms with Crippen LogP contribution >= 0.6 is 0 Å². The van der Waals surface area contributed by atoms with Crippen molar-refractivity contribution in [3.8, 4) is 0 Å². The van der Waals surface area contributed by atoms with Crippen molar-refractivity contribution in [2.24, 2.45) is 0 Å². The summed E-state index contributed by atoms with van der Waals surface area (Å²) in [5, 5.41) is 0. The molecule has 1 aliphatic rings. The van der Waals surface area contributed by atoms with Gasteiger partial charge in [0, 0.05) is 12.2 Å². The molecule has 1 fully saturated rings. The zero-order valence-corrected chi connectivity index (χ0v) is 10.5. The summed E-state index contributed by atoms with van der Waals surface area (Å²) < 4.78 is 19.2. The number of carbonyl (C=O) groups is 1. The van der Waals surface area contributed by atoms with Gasteiger partial charge in [-0.25, -0.2) is 4.39 Å². The van der Waals surface area contributed by atoms with Gasteiger partial charge in [-0.2, -0.15) is 0 Å². The number of halogens is 1. The molecular weight excluding hydrogens is 235 g/mol. The molecule has 2 N–H and O–H groups in total. The van der Waals surface area contributed by atoms with E-state index >= 15 is 0 Å². The molecule has 1 amide bonds. The van der Waals surface area contributed by atoms with E-state index in [9.17, 15) is 9.18 Å². The van der Waals surface area contributed by atoms with Crippen LogP contribution in [0.5, 0.6) is 0 Å². The van der Waals surface area contributed by atoms with Gasteiger partial charge in [-0.05, 0) is 32.0 Å². The monoisotopic (exact) mass is 252 g/mol. The molecule has 1 aromatic carbocycles. The normalized spacial score (nSPS) is 24.1. The quantitative estimate of drug-likeness (QED) is 0.773. The minimum atomic E-state index is -0.577. The second-order valence-electron chi connectivity index (χ2n) is 4.69. The summed E-state index contributed by atoms with van der Waals surface area (Å²) in [6.45, 7) is 4.73. The van der Waals surface area contributed by atoms with Crippen LogP contribution in [-0.2, 0) is 4.74 Å². The van der Waals surface area contributed by atoms with Crippen LogP contribution in [-0.4, -0.2) is 36.1 Å². The van der Waals surface area contributed by atoms with Crippen molar-refractivity contribution >= 4 is 11.6 Å². The predicted octanol–water partition coefficient (Wildman–Crippen LogP) is 1.66. The van der Waals surface area contributed by atoms with Crippen LogP contribution in [0.1, 0.15) is 24.2 Å². The molecule has 1 aliphatic heterocycles. The van der Waals surface area contributed by atoms with Crippen LogP contribution in [0.25, 0.3) is 0 Å². The highest BCUT2D eigenvalue weighted by Gasteiger charge is 2.29. The lowest BCUT2D eigenvalue weighted by atomic mass is 10.1. The Morgan fingerprint density at radius 1 is 1.50 bits per heavy atom. The Balaban J connectivity index is 2.24. The Hall–Kier alpha value is -1.62. The van der Waals surface area contributed by atoms with E-state index in [2.05, 4.69) is 0 Å². The number of rotatable bonds is 1. The van der Waals surface area contributed by atoms with Crippen molar-refractivity contribution < 1.29 is 13.9 Å². The number of benzene rings is 1. The molecular formula is C13H17FN2O2. The minimum absolute atomic E-state index is 0.0259. The minimum Gasteiger partial charge on any atom is -0.399 e. The van der Waals surface area contributed by atoms with Crippen LogP contribution < -0.4 is 5.73 Å². The van der Waals surface area contributed by atoms with E-state index in [4.69, 9.17) is 10.5 Å². The van der Waals surface area contributed by atoms with Gasteiger partial charge >= 0.3 is 0 Å². The molecule has 98 valence electrons. The molecule has 1 heterocycles. The second kappa shape index (κ2) is 4.94. The number of hydrogen-bond acceptors (Lipinski definition) is 3. The van der Waals surface area contributed by atoms with Crippen molar-refractivity contribution in [1.82, 2.24) is 4.90 Å². The first-order valence-corrected chi connectivity index (χ1v) is 5.96. The Bertz CT molecular complexity index is 464. The Morgan fingerprint density at radius 3 is 2.89 bits per heavy atom. The number of anilines is 1. The van der Waals surface area contributed by atoms with Gasteiger partial charge in [0.2, 0.25) is 0 Å². The fourth-order valence-electron chi connectivity index (χ4n) is 2.05. The Morgan fingerprint density at radius 2 is 2.22 bits per heavy atom. The third kappa shape index (κ3) is 2.46. The van der Waals surface area contributed by atoms with Gasteiger partial charge in [-0.15, -0.1) is 0 Å². The molecule has 0 radical (unpaired) electrons. The van der Waals surface area contributed by atoms with Crippen LogP contribution in [0.15, 0.2) is 18.2 Å². The Kier molecular flexibility index (Phi) is 3.52. The third-order valence-corrected chi connectivity index (χ3v) is 3.09. The molecule has 2 rings (SSSR count). The van der Waals surface area contributed by atoms with Crippen molar-refractivity contribution in [3.63, 3.8) is 0 Å². The molecule has 18 heavy (non-hydrogen) atoms. The average Bonchev–Trinajstić information content (AvgIpc) is 2.31. The van der Waals surface area contributed by atoms with Gasteiger partial charge in [-0.3, -0.25) is 4.79 Å². The van der Waals surface area contributed by atoms with E-state index in [-0.39, 0.29) is 23.6 Å². The van der Waals surface area contributed by atoms with Gasteiger partial charge in [0.25, 0.3) is 5.91 Å². The van der Waals surface area contributed by atoms with Gasteiger partial charge < -0.3 is 15.4 Å². The van der Waals surface area contributed by atoms with Crippen LogP contribution in [0.3, 0.4) is 0 Å². The second-order valence-corrected chi connectivity index (χ2v) is 4.69. The topological polar surface area (TPSA) is 55.6 Å². The smallest absolute Gasteiger partial charge is 0.257 e. The first-order chi connectivity index (χ1) is 8.49. The average molecular weight is 252 g/mol. The van der Waals surface area contributed by atoms with Gasteiger partial charge in [0.1, 0.15) is 5.82 Å². The standard InChI is InChI=1S/C13H17FN2O2/c1-8-7-18-9(2)6-16(8)13(17)11-4-3-10(15)5-12(11)14/h3-5,8-9H,6-7,15H2,1-2H3. The molecule has 0 saturated carbocycles. The first-order valence-electron chi connectivity index (χ1n) is 5.96. The molecule has 0 aromatic heterocycles. The zero-order chi connectivity index (χ0) is 13.3. The number of nitrogen functional groups attached to an aromatic ring is 1. The maximum atomic E-state index is 13.7. The van der Waals surface area contributed by atoms with E-state index in [0.717, 1.165) is 0 Å². The van der Waals surface area contributed by atoms with E-state index in [0.29, 0.717) is 18.8 Å². The van der Waals surface area contributed by atoms with E-state index in [1.165, 1.54) is 18.2 Å². The molecule has 0 aliphatic carbocycles. The van der Waals surface area contributed by atoms with E-state index in [1.807, 2.05) is 13.8 Å². The van der Waals surface area contributed by atoms with E-state index < -0.39 is 5.82 Å². The summed E-state index contributed by atoms with van der Waals surface area (Å²) in [4.78, 5) is 13.9. The van der Waals surface area contributed by atoms with Gasteiger partial charge in [0.15, 0.2) is 0 Å². The highest BCUT2D eigenvalue weighted by molar-refractivity contribution is 5.95. The number of hydrogen-bond donors (Lipinski definition) is 1. The number of nitrogens with zero attached hydrogens (tertiary/aromatic N) is 1. The molecule has 0 bridgehead atoms. The third-order valence-electron chi connectivity index (χ3n) is 3.09. The lowest BCUT2D eigenvalue weighted by molar-refractivity contribution is -0.0388. The fourth-order valence-corrected chi connectivity index (χ4v) is 2.05. The first kappa shape index (κ1) is 12.8. The molecule has 5 heteroatoms. The molecule has 4 nitrogen and oxygen atoms in total. The van der Waals surface area contributed by atoms with E-state index in [1.54, 1.807) is 4.90 Å². The lowest BCUT2D eigenvalue weighted by Gasteiger charge is -2.36. The van der Waals surface area contributed by atoms with Crippen molar-refractivity contribution in [2.75, 3.05) is 18.9 Å². The summed E-state index contributed by atoms with van der Waals surface area (Å²) in [7, 11) is 0. The zero-order valence-electron chi connectivity index (χ0n) is 10.5. The number of carbonyl (C=O) groups excluding carboxylic acids is 1. The van der Waals surface area contributed by atoms with Gasteiger partial charge in [0.05, 0.1) is 24.3 Å². The molecule has 1 aromatic rings. The number of nitrogens with two attached hydrogens (primary N) is 1. The maximum absolute atomic E-state index is 13.7. The van der Waals surface area contributed by atoms with Crippen LogP contribution in [0.2, 0.25) is 0 Å². The number of amides is 1. The highest BCUT2D eigenvalue weighted by Crippen LogP contribution is 2.18. The highest BCUT2D eigenvalue weighted by atomic mass is 19.1. The number of morpholine rings is 1. The Labute approximate surface area is 106 Å². The molecule has 2 unspecified atom stereocenters. The summed E-state index contributed by atoms with van der Waals surface area (Å²) in [5.41, 5.74) is 5.84. The fraction of sp³-hybridized carbons (Fsp3) is 0.462. The largest absolute Gasteiger partial charge is 0.399 e. The van der Waals surface area contributed by atoms with Crippen LogP contribution in [0.4, 0.5) is 10.1 Å². The summed E-state index contributed by atoms with van der Waals surface area (Å²) >= 11 is 0. The molecule has 1 saturated heterocycles. The summed E-state index contributed by atoms with van der Waals surface area (Å²) in [5.74, 6) is -0.888. The van der Waals surface area contributed by atoms with Crippen LogP contribution in [0, 0.1) is 5.82 Å².